The molecule has 6 heteroatoms. The lowest BCUT2D eigenvalue weighted by Crippen LogP contribution is -2.45. The smallest absolute Gasteiger partial charge is 0.317 e. The Labute approximate surface area is 89.2 Å². The number of ether oxygens (including phenoxy) is 1. The van der Waals surface area contributed by atoms with Crippen LogP contribution in [0.5, 0.6) is 0 Å². The summed E-state index contributed by atoms with van der Waals surface area (Å²) in [7, 11) is 3.14. The first kappa shape index (κ1) is 13.9. The van der Waals surface area contributed by atoms with E-state index in [1.807, 2.05) is 0 Å². The van der Waals surface area contributed by atoms with Crippen LogP contribution in [0, 0.1) is 0 Å². The van der Waals surface area contributed by atoms with Gasteiger partial charge in [-0.15, -0.1) is 0 Å². The van der Waals surface area contributed by atoms with Gasteiger partial charge in [-0.2, -0.15) is 0 Å². The number of carboxylic acids is 1. The van der Waals surface area contributed by atoms with Crippen molar-refractivity contribution < 1.29 is 19.4 Å². The van der Waals surface area contributed by atoms with Crippen LogP contribution in [0.2, 0.25) is 0 Å². The second-order valence-electron chi connectivity index (χ2n) is 3.27. The maximum Gasteiger partial charge on any atom is 0.317 e. The Balaban J connectivity index is 3.90. The molecule has 0 spiro atoms. The lowest BCUT2D eigenvalue weighted by molar-refractivity contribution is -0.139. The molecule has 2 N–H and O–H groups in total. The van der Waals surface area contributed by atoms with E-state index in [4.69, 9.17) is 9.84 Å². The van der Waals surface area contributed by atoms with E-state index in [9.17, 15) is 9.59 Å². The number of nitrogens with one attached hydrogen (secondary N) is 1. The molecular formula is C9H18N2O4. The highest BCUT2D eigenvalue weighted by molar-refractivity contribution is 5.82. The second-order valence-corrected chi connectivity index (χ2v) is 3.27. The van der Waals surface area contributed by atoms with E-state index in [0.717, 1.165) is 0 Å². The first-order valence-electron chi connectivity index (χ1n) is 4.67. The van der Waals surface area contributed by atoms with Crippen LogP contribution in [0.4, 0.5) is 0 Å². The van der Waals surface area contributed by atoms with Crippen LogP contribution in [0.15, 0.2) is 0 Å². The molecule has 1 unspecified atom stereocenters. The summed E-state index contributed by atoms with van der Waals surface area (Å²) in [5.74, 6) is -1.15. The molecule has 0 aromatic carbocycles. The van der Waals surface area contributed by atoms with E-state index in [-0.39, 0.29) is 12.5 Å². The van der Waals surface area contributed by atoms with E-state index < -0.39 is 12.0 Å². The molecule has 0 saturated carbocycles. The van der Waals surface area contributed by atoms with Crippen molar-refractivity contribution in [1.82, 2.24) is 10.2 Å². The number of nitrogens with zero attached hydrogens (tertiary/aromatic N) is 1. The third-order valence-corrected chi connectivity index (χ3v) is 2.03. The highest BCUT2D eigenvalue weighted by atomic mass is 16.5. The fourth-order valence-electron chi connectivity index (χ4n) is 0.974. The molecule has 0 fully saturated rings. The standard InChI is InChI=1S/C9H18N2O4/c1-7(11(2)6-8(12)13)9(14)10-4-5-15-3/h7H,4-6H2,1-3H3,(H,10,14)(H,12,13). The molecule has 0 aliphatic carbocycles. The molecule has 88 valence electrons. The number of carbonyl (C=O) groups excluding carboxylic acids is 1. The number of carboxylic acid groups (broad SMARTS) is 1. The Bertz CT molecular complexity index is 220. The summed E-state index contributed by atoms with van der Waals surface area (Å²) in [5, 5.41) is 11.2. The zero-order valence-electron chi connectivity index (χ0n) is 9.32. The Morgan fingerprint density at radius 2 is 2.13 bits per heavy atom. The van der Waals surface area contributed by atoms with E-state index in [1.54, 1.807) is 21.1 Å². The molecule has 0 aliphatic heterocycles. The average Bonchev–Trinajstić information content (AvgIpc) is 2.15. The van der Waals surface area contributed by atoms with Crippen LogP contribution >= 0.6 is 0 Å². The summed E-state index contributed by atoms with van der Waals surface area (Å²) in [5.41, 5.74) is 0. The lowest BCUT2D eigenvalue weighted by atomic mass is 10.3. The molecule has 0 aliphatic rings. The number of aliphatic carboxylic acids is 1. The van der Waals surface area contributed by atoms with Gasteiger partial charge in [-0.05, 0) is 14.0 Å². The minimum absolute atomic E-state index is 0.154. The van der Waals surface area contributed by atoms with Gasteiger partial charge >= 0.3 is 5.97 Å². The predicted octanol–water partition coefficient (Wildman–Crippen LogP) is -0.846. The molecule has 6 nitrogen and oxygen atoms in total. The SMILES string of the molecule is COCCNC(=O)C(C)N(C)CC(=O)O. The molecule has 1 atom stereocenters. The van der Waals surface area contributed by atoms with Gasteiger partial charge in [0.25, 0.3) is 0 Å². The van der Waals surface area contributed by atoms with Crippen molar-refractivity contribution in [2.24, 2.45) is 0 Å². The van der Waals surface area contributed by atoms with Gasteiger partial charge in [0.15, 0.2) is 0 Å². The quantitative estimate of drug-likeness (QED) is 0.544. The number of hydrogen-bond acceptors (Lipinski definition) is 4. The topological polar surface area (TPSA) is 78.9 Å². The van der Waals surface area contributed by atoms with Crippen molar-refractivity contribution in [3.05, 3.63) is 0 Å². The second kappa shape index (κ2) is 7.19. The molecule has 15 heavy (non-hydrogen) atoms. The van der Waals surface area contributed by atoms with Gasteiger partial charge in [-0.1, -0.05) is 0 Å². The van der Waals surface area contributed by atoms with Crippen molar-refractivity contribution in [1.29, 1.82) is 0 Å². The normalized spacial score (nSPS) is 12.5. The zero-order chi connectivity index (χ0) is 11.8. The number of methoxy groups -OCH3 is 1. The Hall–Kier alpha value is -1.14. The summed E-state index contributed by atoms with van der Waals surface area (Å²) in [6.45, 7) is 2.38. The number of carbonyl (C=O) groups is 2. The third kappa shape index (κ3) is 6.03. The van der Waals surface area contributed by atoms with Crippen molar-refractivity contribution in [2.75, 3.05) is 33.9 Å². The van der Waals surface area contributed by atoms with Crippen LogP contribution in [0.1, 0.15) is 6.92 Å². The van der Waals surface area contributed by atoms with Crippen LogP contribution in [-0.4, -0.2) is 61.8 Å². The predicted molar refractivity (Wildman–Crippen MR) is 54.6 cm³/mol. The molecule has 0 aromatic heterocycles. The Morgan fingerprint density at radius 1 is 1.53 bits per heavy atom. The number of hydrogen-bond donors (Lipinski definition) is 2. The molecule has 0 bridgehead atoms. The summed E-state index contributed by atoms with van der Waals surface area (Å²) in [6.07, 6.45) is 0. The zero-order valence-corrected chi connectivity index (χ0v) is 9.32. The summed E-state index contributed by atoms with van der Waals surface area (Å²) >= 11 is 0. The van der Waals surface area contributed by atoms with Crippen LogP contribution < -0.4 is 5.32 Å². The maximum atomic E-state index is 11.4. The number of rotatable bonds is 7. The number of amides is 1. The number of likely N-dealkylation sites (N-methyl/N-ethyl adjacent to an activating group) is 1. The molecular weight excluding hydrogens is 200 g/mol. The molecule has 0 radical (unpaired) electrons. The van der Waals surface area contributed by atoms with E-state index in [0.29, 0.717) is 13.2 Å². The van der Waals surface area contributed by atoms with E-state index >= 15 is 0 Å². The van der Waals surface area contributed by atoms with Crippen LogP contribution in [0.3, 0.4) is 0 Å². The molecule has 0 heterocycles. The van der Waals surface area contributed by atoms with Crippen molar-refractivity contribution in [3.8, 4) is 0 Å². The molecule has 0 saturated heterocycles. The first-order chi connectivity index (χ1) is 6.99. The fraction of sp³-hybridized carbons (Fsp3) is 0.778. The van der Waals surface area contributed by atoms with E-state index in [1.165, 1.54) is 4.90 Å². The van der Waals surface area contributed by atoms with Crippen LogP contribution in [0.25, 0.3) is 0 Å². The van der Waals surface area contributed by atoms with E-state index in [2.05, 4.69) is 5.32 Å². The minimum atomic E-state index is -0.950. The van der Waals surface area contributed by atoms with Gasteiger partial charge in [0.1, 0.15) is 0 Å². The van der Waals surface area contributed by atoms with Crippen molar-refractivity contribution >= 4 is 11.9 Å². The van der Waals surface area contributed by atoms with Gasteiger partial charge in [0.2, 0.25) is 5.91 Å². The van der Waals surface area contributed by atoms with Crippen molar-refractivity contribution in [2.45, 2.75) is 13.0 Å². The minimum Gasteiger partial charge on any atom is -0.480 e. The van der Waals surface area contributed by atoms with Gasteiger partial charge in [0.05, 0.1) is 19.2 Å². The summed E-state index contributed by atoms with van der Waals surface area (Å²) in [4.78, 5) is 23.3. The summed E-state index contributed by atoms with van der Waals surface area (Å²) < 4.78 is 4.77. The fourth-order valence-corrected chi connectivity index (χ4v) is 0.974. The monoisotopic (exact) mass is 218 g/mol. The first-order valence-corrected chi connectivity index (χ1v) is 4.67. The van der Waals surface area contributed by atoms with Gasteiger partial charge in [0, 0.05) is 13.7 Å². The average molecular weight is 218 g/mol. The third-order valence-electron chi connectivity index (χ3n) is 2.03. The Morgan fingerprint density at radius 3 is 2.60 bits per heavy atom. The molecule has 1 amide bonds. The highest BCUT2D eigenvalue weighted by Gasteiger charge is 2.18. The molecule has 0 rings (SSSR count). The van der Waals surface area contributed by atoms with Gasteiger partial charge < -0.3 is 15.2 Å². The maximum absolute atomic E-state index is 11.4. The molecule has 0 aromatic rings. The van der Waals surface area contributed by atoms with Crippen LogP contribution in [-0.2, 0) is 14.3 Å². The van der Waals surface area contributed by atoms with Gasteiger partial charge in [-0.25, -0.2) is 0 Å². The van der Waals surface area contributed by atoms with Gasteiger partial charge in [-0.3, -0.25) is 14.5 Å². The largest absolute Gasteiger partial charge is 0.480 e. The van der Waals surface area contributed by atoms with Crippen molar-refractivity contribution in [3.63, 3.8) is 0 Å². The summed E-state index contributed by atoms with van der Waals surface area (Å²) in [6, 6.07) is -0.460. The lowest BCUT2D eigenvalue weighted by Gasteiger charge is -2.21. The Kier molecular flexibility index (Phi) is 6.64. The highest BCUT2D eigenvalue weighted by Crippen LogP contribution is 1.94.